The van der Waals surface area contributed by atoms with Crippen molar-refractivity contribution in [3.8, 4) is 0 Å². The fourth-order valence-corrected chi connectivity index (χ4v) is 3.27. The maximum Gasteiger partial charge on any atom is 0.408 e. The molecule has 31 heavy (non-hydrogen) atoms. The molecule has 1 aromatic rings. The van der Waals surface area contributed by atoms with Gasteiger partial charge in [0.25, 0.3) is 0 Å². The number of nitrogens with one attached hydrogen (secondary N) is 3. The summed E-state index contributed by atoms with van der Waals surface area (Å²) in [4.78, 5) is 29.0. The Morgan fingerprint density at radius 2 is 1.94 bits per heavy atom. The van der Waals surface area contributed by atoms with Crippen LogP contribution in [0.4, 0.5) is 4.79 Å². The minimum absolute atomic E-state index is 0.00904. The van der Waals surface area contributed by atoms with Crippen molar-refractivity contribution in [2.75, 3.05) is 19.6 Å². The summed E-state index contributed by atoms with van der Waals surface area (Å²) < 4.78 is 8.69. The maximum absolute atomic E-state index is 12.4. The average molecular weight is 438 g/mol. The second-order valence-electron chi connectivity index (χ2n) is 9.52. The van der Waals surface area contributed by atoms with Gasteiger partial charge in [0.2, 0.25) is 0 Å². The first-order valence-electron chi connectivity index (χ1n) is 11.2. The Balaban J connectivity index is 1.83. The molecule has 2 heterocycles. The number of alkyl carbamates (subject to hydrolysis) is 1. The molecule has 0 bridgehead atoms. The number of carbonyl (C=O) groups excluding carboxylic acids is 1. The number of aliphatic imine (C=N–C) groups is 1. The molecule has 0 fully saturated rings. The second-order valence-corrected chi connectivity index (χ2v) is 9.52. The highest BCUT2D eigenvalue weighted by Crippen LogP contribution is 2.10. The minimum atomic E-state index is -0.562. The lowest BCUT2D eigenvalue weighted by Crippen LogP contribution is -2.49. The van der Waals surface area contributed by atoms with E-state index in [1.807, 2.05) is 41.5 Å². The molecule has 0 saturated heterocycles. The van der Waals surface area contributed by atoms with E-state index >= 15 is 0 Å². The van der Waals surface area contributed by atoms with Crippen LogP contribution < -0.4 is 21.6 Å². The lowest BCUT2D eigenvalue weighted by molar-refractivity contribution is 0.0476. The van der Waals surface area contributed by atoms with Gasteiger partial charge in [-0.2, -0.15) is 5.10 Å². The summed E-state index contributed by atoms with van der Waals surface area (Å²) in [7, 11) is 0. The Hall–Kier alpha value is -2.52. The Morgan fingerprint density at radius 3 is 2.58 bits per heavy atom. The first-order chi connectivity index (χ1) is 14.5. The Morgan fingerprint density at radius 1 is 1.19 bits per heavy atom. The van der Waals surface area contributed by atoms with Crippen molar-refractivity contribution in [3.63, 3.8) is 0 Å². The summed E-state index contributed by atoms with van der Waals surface area (Å²) in [5.41, 5.74) is -1.12. The minimum Gasteiger partial charge on any atom is -0.444 e. The van der Waals surface area contributed by atoms with Gasteiger partial charge in [-0.1, -0.05) is 0 Å². The predicted octanol–water partition coefficient (Wildman–Crippen LogP) is 1.63. The van der Waals surface area contributed by atoms with Crippen LogP contribution >= 0.6 is 0 Å². The zero-order valence-corrected chi connectivity index (χ0v) is 19.9. The van der Waals surface area contributed by atoms with E-state index in [4.69, 9.17) is 4.74 Å². The van der Waals surface area contributed by atoms with Crippen molar-refractivity contribution in [1.82, 2.24) is 30.3 Å². The molecule has 0 spiro atoms. The topological polar surface area (TPSA) is 115 Å². The predicted molar refractivity (Wildman–Crippen MR) is 121 cm³/mol. The summed E-state index contributed by atoms with van der Waals surface area (Å²) in [6.07, 6.45) is 3.31. The van der Waals surface area contributed by atoms with E-state index in [9.17, 15) is 9.59 Å². The van der Waals surface area contributed by atoms with E-state index in [-0.39, 0.29) is 5.69 Å². The molecule has 10 heteroatoms. The van der Waals surface area contributed by atoms with Crippen molar-refractivity contribution in [2.24, 2.45) is 4.99 Å². The van der Waals surface area contributed by atoms with Crippen LogP contribution in [0.2, 0.25) is 0 Å². The molecule has 0 aromatic carbocycles. The Labute approximate surface area is 184 Å². The number of hydrogen-bond donors (Lipinski definition) is 3. The van der Waals surface area contributed by atoms with E-state index in [1.165, 1.54) is 0 Å². The average Bonchev–Trinajstić information content (AvgIpc) is 2.97. The van der Waals surface area contributed by atoms with Crippen LogP contribution in [-0.2, 0) is 24.2 Å². The van der Waals surface area contributed by atoms with Gasteiger partial charge in [0.1, 0.15) is 11.4 Å². The fraction of sp³-hybridized carbons (Fsp3) is 0.810. The Kier molecular flexibility index (Phi) is 8.52. The number of ether oxygens (including phenoxy) is 1. The van der Waals surface area contributed by atoms with Crippen LogP contribution in [-0.4, -0.2) is 57.2 Å². The van der Waals surface area contributed by atoms with Crippen molar-refractivity contribution in [1.29, 1.82) is 0 Å². The molecule has 0 aliphatic carbocycles. The quantitative estimate of drug-likeness (QED) is 0.324. The number of carbonyl (C=O) groups is 1. The summed E-state index contributed by atoms with van der Waals surface area (Å²) in [6, 6.07) is 0. The van der Waals surface area contributed by atoms with Crippen molar-refractivity contribution in [2.45, 2.75) is 91.5 Å². The smallest absolute Gasteiger partial charge is 0.408 e. The molecule has 1 amide bonds. The second kappa shape index (κ2) is 10.7. The lowest BCUT2D eigenvalue weighted by Gasteiger charge is -2.27. The van der Waals surface area contributed by atoms with Crippen LogP contribution in [0.3, 0.4) is 0 Å². The van der Waals surface area contributed by atoms with E-state index in [0.717, 1.165) is 44.6 Å². The number of amides is 1. The van der Waals surface area contributed by atoms with Crippen LogP contribution in [0.25, 0.3) is 0 Å². The van der Waals surface area contributed by atoms with Gasteiger partial charge in [0.05, 0.1) is 12.1 Å². The molecule has 176 valence electrons. The zero-order chi connectivity index (χ0) is 23.1. The molecule has 1 aliphatic rings. The molecule has 0 atom stereocenters. The standard InChI is InChI=1S/C21H39N7O3/c1-7-22-17(24-15-21(5,6)25-18(29)31-20(2,3)4)23-12-10-14-28-19(30)27-13-9-8-11-16(27)26-28/h7-15H2,1-6H3,(H,25,29)(H2,22,23,24). The lowest BCUT2D eigenvalue weighted by atomic mass is 10.1. The molecule has 0 radical (unpaired) electrons. The maximum atomic E-state index is 12.4. The molecule has 0 unspecified atom stereocenters. The number of nitrogens with zero attached hydrogens (tertiary/aromatic N) is 4. The summed E-state index contributed by atoms with van der Waals surface area (Å²) >= 11 is 0. The molecule has 10 nitrogen and oxygen atoms in total. The largest absolute Gasteiger partial charge is 0.444 e. The van der Waals surface area contributed by atoms with Gasteiger partial charge in [-0.15, -0.1) is 0 Å². The molecular formula is C21H39N7O3. The van der Waals surface area contributed by atoms with Gasteiger partial charge in [-0.05, 0) is 60.8 Å². The highest BCUT2D eigenvalue weighted by atomic mass is 16.6. The summed E-state index contributed by atoms with van der Waals surface area (Å²) in [5.74, 6) is 1.57. The number of aromatic nitrogens is 3. The van der Waals surface area contributed by atoms with Gasteiger partial charge >= 0.3 is 11.8 Å². The van der Waals surface area contributed by atoms with E-state index in [1.54, 1.807) is 9.25 Å². The first-order valence-corrected chi connectivity index (χ1v) is 11.2. The third-order valence-corrected chi connectivity index (χ3v) is 4.69. The molecule has 0 saturated carbocycles. The molecule has 1 aromatic heterocycles. The summed E-state index contributed by atoms with van der Waals surface area (Å²) in [6.45, 7) is 14.4. The van der Waals surface area contributed by atoms with Gasteiger partial charge in [0, 0.05) is 32.6 Å². The number of guanidine groups is 1. The van der Waals surface area contributed by atoms with Gasteiger partial charge < -0.3 is 20.7 Å². The highest BCUT2D eigenvalue weighted by Gasteiger charge is 2.24. The van der Waals surface area contributed by atoms with Gasteiger partial charge in [0.15, 0.2) is 5.96 Å². The highest BCUT2D eigenvalue weighted by molar-refractivity contribution is 5.79. The fourth-order valence-electron chi connectivity index (χ4n) is 3.27. The van der Waals surface area contributed by atoms with Crippen LogP contribution in [0, 0.1) is 0 Å². The zero-order valence-electron chi connectivity index (χ0n) is 19.9. The third kappa shape index (κ3) is 8.26. The first kappa shape index (κ1) is 24.7. The van der Waals surface area contributed by atoms with Crippen molar-refractivity contribution < 1.29 is 9.53 Å². The van der Waals surface area contributed by atoms with Crippen molar-refractivity contribution >= 4 is 12.1 Å². The molecular weight excluding hydrogens is 398 g/mol. The third-order valence-electron chi connectivity index (χ3n) is 4.69. The van der Waals surface area contributed by atoms with Gasteiger partial charge in [-0.3, -0.25) is 9.56 Å². The SMILES string of the molecule is CCNC(=NCC(C)(C)NC(=O)OC(C)(C)C)NCCCn1nc2n(c1=O)CCCC2. The molecule has 3 N–H and O–H groups in total. The van der Waals surface area contributed by atoms with Crippen LogP contribution in [0.1, 0.15) is 66.6 Å². The normalized spacial score (nSPS) is 14.7. The number of rotatable bonds is 8. The number of aryl methyl sites for hydroxylation is 2. The van der Waals surface area contributed by atoms with E-state index in [2.05, 4.69) is 26.0 Å². The van der Waals surface area contributed by atoms with E-state index < -0.39 is 17.2 Å². The van der Waals surface area contributed by atoms with Crippen LogP contribution in [0.15, 0.2) is 9.79 Å². The molecule has 2 rings (SSSR count). The number of fused-ring (bicyclic) bond motifs is 1. The van der Waals surface area contributed by atoms with Crippen LogP contribution in [0.5, 0.6) is 0 Å². The molecule has 1 aliphatic heterocycles. The van der Waals surface area contributed by atoms with Crippen molar-refractivity contribution in [3.05, 3.63) is 16.3 Å². The number of hydrogen-bond acceptors (Lipinski definition) is 5. The van der Waals surface area contributed by atoms with E-state index in [0.29, 0.717) is 25.6 Å². The monoisotopic (exact) mass is 437 g/mol. The van der Waals surface area contributed by atoms with Gasteiger partial charge in [-0.25, -0.2) is 14.3 Å². The summed E-state index contributed by atoms with van der Waals surface area (Å²) in [5, 5.41) is 13.8. The Bertz CT molecular complexity index is 818.